The molecule has 26 heavy (non-hydrogen) atoms. The predicted molar refractivity (Wildman–Crippen MR) is 101 cm³/mol. The van der Waals surface area contributed by atoms with Gasteiger partial charge in [-0.1, -0.05) is 51.1 Å². The van der Waals surface area contributed by atoms with Crippen molar-refractivity contribution < 1.29 is 23.9 Å². The molecule has 0 aliphatic carbocycles. The monoisotopic (exact) mass is 379 g/mol. The molecule has 1 heterocycles. The van der Waals surface area contributed by atoms with E-state index in [0.717, 1.165) is 5.56 Å². The van der Waals surface area contributed by atoms with Gasteiger partial charge in [0.15, 0.2) is 8.32 Å². The van der Waals surface area contributed by atoms with Crippen molar-refractivity contribution in [1.82, 2.24) is 4.90 Å². The molecule has 0 aromatic heterocycles. The second-order valence-electron chi connectivity index (χ2n) is 8.28. The molecule has 1 aliphatic rings. The Morgan fingerprint density at radius 3 is 2.38 bits per heavy atom. The zero-order valence-electron chi connectivity index (χ0n) is 16.2. The van der Waals surface area contributed by atoms with Gasteiger partial charge in [-0.2, -0.15) is 0 Å². The van der Waals surface area contributed by atoms with Gasteiger partial charge in [-0.05, 0) is 23.7 Å². The first-order chi connectivity index (χ1) is 12.0. The number of rotatable bonds is 5. The third kappa shape index (κ3) is 4.85. The van der Waals surface area contributed by atoms with E-state index in [1.807, 2.05) is 30.3 Å². The summed E-state index contributed by atoms with van der Waals surface area (Å²) in [4.78, 5) is 25.3. The predicted octanol–water partition coefficient (Wildman–Crippen LogP) is 3.87. The summed E-state index contributed by atoms with van der Waals surface area (Å²) in [7, 11) is -2.04. The number of likely N-dealkylation sites (tertiary alicyclic amines) is 1. The van der Waals surface area contributed by atoms with Crippen LogP contribution in [-0.2, 0) is 20.6 Å². The second-order valence-corrected chi connectivity index (χ2v) is 13.0. The lowest BCUT2D eigenvalue weighted by Crippen LogP contribution is -2.45. The summed E-state index contributed by atoms with van der Waals surface area (Å²) < 4.78 is 11.6. The Kier molecular flexibility index (Phi) is 6.13. The fraction of sp³-hybridized carbons (Fsp3) is 0.579. The van der Waals surface area contributed by atoms with Crippen LogP contribution in [0.1, 0.15) is 32.8 Å². The number of carbonyl (C=O) groups excluding carboxylic acids is 1. The summed E-state index contributed by atoms with van der Waals surface area (Å²) in [6.45, 7) is 11.0. The first kappa shape index (κ1) is 20.4. The molecule has 144 valence electrons. The number of amides is 1. The Balaban J connectivity index is 2.02. The number of carboxylic acids is 1. The highest BCUT2D eigenvalue weighted by molar-refractivity contribution is 6.74. The third-order valence-corrected chi connectivity index (χ3v) is 9.79. The van der Waals surface area contributed by atoms with Gasteiger partial charge in [0.05, 0.1) is 6.10 Å². The molecule has 0 unspecified atom stereocenters. The summed E-state index contributed by atoms with van der Waals surface area (Å²) in [6.07, 6.45) is -0.591. The molecular weight excluding hydrogens is 350 g/mol. The van der Waals surface area contributed by atoms with E-state index in [2.05, 4.69) is 33.9 Å². The topological polar surface area (TPSA) is 76.1 Å². The summed E-state index contributed by atoms with van der Waals surface area (Å²) in [5.74, 6) is -1.03. The Hall–Kier alpha value is -1.86. The Morgan fingerprint density at radius 1 is 1.23 bits per heavy atom. The van der Waals surface area contributed by atoms with Crippen molar-refractivity contribution in [2.75, 3.05) is 6.54 Å². The maximum absolute atomic E-state index is 12.4. The van der Waals surface area contributed by atoms with Crippen LogP contribution in [0.3, 0.4) is 0 Å². The van der Waals surface area contributed by atoms with E-state index in [1.54, 1.807) is 0 Å². The van der Waals surface area contributed by atoms with Crippen LogP contribution in [0.15, 0.2) is 30.3 Å². The van der Waals surface area contributed by atoms with Crippen LogP contribution in [0.25, 0.3) is 0 Å². The van der Waals surface area contributed by atoms with E-state index in [-0.39, 0.29) is 24.3 Å². The molecule has 1 amide bonds. The molecule has 0 saturated carbocycles. The number of nitrogens with zero attached hydrogens (tertiary/aromatic N) is 1. The number of benzene rings is 1. The molecule has 0 radical (unpaired) electrons. The molecule has 1 aliphatic heterocycles. The highest BCUT2D eigenvalue weighted by Gasteiger charge is 2.46. The normalized spacial score (nSPS) is 20.9. The van der Waals surface area contributed by atoms with Crippen molar-refractivity contribution in [3.05, 3.63) is 35.9 Å². The zero-order chi connectivity index (χ0) is 19.5. The van der Waals surface area contributed by atoms with Crippen LogP contribution in [0.4, 0.5) is 4.79 Å². The van der Waals surface area contributed by atoms with E-state index in [1.165, 1.54) is 4.90 Å². The average molecular weight is 380 g/mol. The summed E-state index contributed by atoms with van der Waals surface area (Å²) in [5, 5.41) is 9.52. The summed E-state index contributed by atoms with van der Waals surface area (Å²) >= 11 is 0. The lowest BCUT2D eigenvalue weighted by Gasteiger charge is -2.38. The largest absolute Gasteiger partial charge is 0.480 e. The van der Waals surface area contributed by atoms with E-state index in [9.17, 15) is 14.7 Å². The van der Waals surface area contributed by atoms with Gasteiger partial charge >= 0.3 is 12.1 Å². The quantitative estimate of drug-likeness (QED) is 0.786. The van der Waals surface area contributed by atoms with Gasteiger partial charge in [0, 0.05) is 13.0 Å². The van der Waals surface area contributed by atoms with E-state index in [4.69, 9.17) is 9.16 Å². The van der Waals surface area contributed by atoms with Crippen molar-refractivity contribution in [1.29, 1.82) is 0 Å². The van der Waals surface area contributed by atoms with Crippen molar-refractivity contribution >= 4 is 20.4 Å². The minimum Gasteiger partial charge on any atom is -0.480 e. The van der Waals surface area contributed by atoms with Crippen molar-refractivity contribution in [3.8, 4) is 0 Å². The number of ether oxygens (including phenoxy) is 1. The standard InChI is InChI=1S/C19H29NO5Si/c1-19(2,3)26(4,5)25-15-11-16(17(21)22)20(12-15)18(23)24-13-14-9-7-6-8-10-14/h6-10,15-16H,11-13H2,1-5H3,(H,21,22)/t15-,16+/m0/s1. The fourth-order valence-electron chi connectivity index (χ4n) is 2.71. The minimum absolute atomic E-state index is 0.0208. The van der Waals surface area contributed by atoms with Crippen LogP contribution in [-0.4, -0.2) is 49.1 Å². The SMILES string of the molecule is CC(C)(C)[Si](C)(C)O[C@H]1C[C@H](C(=O)O)N(C(=O)OCc2ccccc2)C1. The third-order valence-electron chi connectivity index (χ3n) is 5.25. The second kappa shape index (κ2) is 7.80. The fourth-order valence-corrected chi connectivity index (χ4v) is 4.07. The van der Waals surface area contributed by atoms with E-state index < -0.39 is 26.4 Å². The van der Waals surface area contributed by atoms with Crippen LogP contribution >= 0.6 is 0 Å². The highest BCUT2D eigenvalue weighted by atomic mass is 28.4. The van der Waals surface area contributed by atoms with Gasteiger partial charge in [-0.25, -0.2) is 9.59 Å². The van der Waals surface area contributed by atoms with Gasteiger partial charge < -0.3 is 14.3 Å². The van der Waals surface area contributed by atoms with Gasteiger partial charge in [0.25, 0.3) is 0 Å². The van der Waals surface area contributed by atoms with Crippen molar-refractivity contribution in [3.63, 3.8) is 0 Å². The van der Waals surface area contributed by atoms with Crippen LogP contribution in [0.2, 0.25) is 18.1 Å². The lowest BCUT2D eigenvalue weighted by atomic mass is 10.2. The van der Waals surface area contributed by atoms with Crippen molar-refractivity contribution in [2.45, 2.75) is 64.1 Å². The number of hydrogen-bond acceptors (Lipinski definition) is 4. The van der Waals surface area contributed by atoms with Gasteiger partial charge in [0.2, 0.25) is 0 Å². The molecule has 1 aromatic carbocycles. The molecule has 0 bridgehead atoms. The zero-order valence-corrected chi connectivity index (χ0v) is 17.2. The molecule has 7 heteroatoms. The van der Waals surface area contributed by atoms with Gasteiger partial charge in [-0.3, -0.25) is 4.90 Å². The average Bonchev–Trinajstić information content (AvgIpc) is 2.96. The smallest absolute Gasteiger partial charge is 0.410 e. The molecule has 1 fully saturated rings. The minimum atomic E-state index is -2.04. The van der Waals surface area contributed by atoms with Crippen LogP contribution in [0.5, 0.6) is 0 Å². The van der Waals surface area contributed by atoms with E-state index >= 15 is 0 Å². The lowest BCUT2D eigenvalue weighted by molar-refractivity contribution is -0.141. The number of aliphatic carboxylic acids is 1. The number of carboxylic acid groups (broad SMARTS) is 1. The molecule has 2 atom stereocenters. The Bertz CT molecular complexity index is 641. The number of hydrogen-bond donors (Lipinski definition) is 1. The summed E-state index contributed by atoms with van der Waals surface area (Å²) in [5.41, 5.74) is 0.862. The maximum atomic E-state index is 12.4. The molecule has 6 nitrogen and oxygen atoms in total. The molecule has 2 rings (SSSR count). The number of carbonyl (C=O) groups is 2. The van der Waals surface area contributed by atoms with E-state index in [0.29, 0.717) is 6.42 Å². The van der Waals surface area contributed by atoms with Gasteiger partial charge in [-0.15, -0.1) is 0 Å². The van der Waals surface area contributed by atoms with Crippen LogP contribution < -0.4 is 0 Å². The van der Waals surface area contributed by atoms with Crippen LogP contribution in [0, 0.1) is 0 Å². The Morgan fingerprint density at radius 2 is 1.85 bits per heavy atom. The maximum Gasteiger partial charge on any atom is 0.410 e. The molecule has 1 N–H and O–H groups in total. The Labute approximate surface area is 156 Å². The molecule has 1 saturated heterocycles. The first-order valence-electron chi connectivity index (χ1n) is 8.89. The molecule has 0 spiro atoms. The van der Waals surface area contributed by atoms with Crippen molar-refractivity contribution in [2.24, 2.45) is 0 Å². The van der Waals surface area contributed by atoms with Gasteiger partial charge in [0.1, 0.15) is 12.6 Å². The molecular formula is C19H29NO5Si. The molecule has 1 aromatic rings. The first-order valence-corrected chi connectivity index (χ1v) is 11.8. The summed E-state index contributed by atoms with van der Waals surface area (Å²) in [6, 6.07) is 8.41. The highest BCUT2D eigenvalue weighted by Crippen LogP contribution is 2.39.